The van der Waals surface area contributed by atoms with Gasteiger partial charge in [-0.05, 0) is 30.3 Å². The van der Waals surface area contributed by atoms with Crippen LogP contribution in [0.25, 0.3) is 16.6 Å². The quantitative estimate of drug-likeness (QED) is 0.686. The van der Waals surface area contributed by atoms with E-state index in [-0.39, 0.29) is 5.91 Å². The largest absolute Gasteiger partial charge is 0.399 e. The average Bonchev–Trinajstić information content (AvgIpc) is 2.89. The van der Waals surface area contributed by atoms with E-state index in [0.717, 1.165) is 16.6 Å². The number of rotatable bonds is 2. The monoisotopic (exact) mass is 267 g/mol. The summed E-state index contributed by atoms with van der Waals surface area (Å²) in [5, 5.41) is 7.87. The topological polar surface area (TPSA) is 85.8 Å². The molecule has 20 heavy (non-hydrogen) atoms. The Balaban J connectivity index is 2.16. The van der Waals surface area contributed by atoms with Crippen LogP contribution in [0.2, 0.25) is 0 Å². The number of carbonyl (C=O) groups excluding carboxylic acids is 1. The molecule has 2 aromatic heterocycles. The number of hydrogen-bond donors (Lipinski definition) is 2. The molecule has 0 bridgehead atoms. The molecule has 6 heteroatoms. The number of anilines is 1. The highest BCUT2D eigenvalue weighted by Gasteiger charge is 2.09. The number of pyridine rings is 1. The van der Waals surface area contributed by atoms with Crippen molar-refractivity contribution in [2.24, 2.45) is 0 Å². The van der Waals surface area contributed by atoms with Crippen molar-refractivity contribution >= 4 is 22.5 Å². The van der Waals surface area contributed by atoms with E-state index in [1.54, 1.807) is 36.3 Å². The molecule has 1 amide bonds. The van der Waals surface area contributed by atoms with Gasteiger partial charge in [-0.15, -0.1) is 0 Å². The Morgan fingerprint density at radius 1 is 1.30 bits per heavy atom. The zero-order valence-corrected chi connectivity index (χ0v) is 10.9. The predicted octanol–water partition coefficient (Wildman–Crippen LogP) is 1.36. The van der Waals surface area contributed by atoms with Gasteiger partial charge in [0.2, 0.25) is 0 Å². The van der Waals surface area contributed by atoms with Crippen LogP contribution in [0.3, 0.4) is 0 Å². The minimum atomic E-state index is -0.233. The van der Waals surface area contributed by atoms with Crippen molar-refractivity contribution in [1.82, 2.24) is 20.1 Å². The standard InChI is InChI=1S/C14H13N5O/c1-16-14(20)12-7-11(4-5-17-12)19-13-6-10(15)3-2-9(13)8-18-19/h2-8H,15H2,1H3,(H,16,20). The van der Waals surface area contributed by atoms with E-state index < -0.39 is 0 Å². The number of amides is 1. The molecule has 0 unspecified atom stereocenters. The summed E-state index contributed by atoms with van der Waals surface area (Å²) < 4.78 is 1.74. The summed E-state index contributed by atoms with van der Waals surface area (Å²) in [5.41, 5.74) is 8.47. The Kier molecular flexibility index (Phi) is 2.83. The first-order chi connectivity index (χ1) is 9.69. The second-order valence-corrected chi connectivity index (χ2v) is 4.35. The number of benzene rings is 1. The molecule has 0 saturated heterocycles. The zero-order chi connectivity index (χ0) is 14.1. The molecule has 0 spiro atoms. The third-order valence-electron chi connectivity index (χ3n) is 3.04. The van der Waals surface area contributed by atoms with Gasteiger partial charge in [0.15, 0.2) is 0 Å². The summed E-state index contributed by atoms with van der Waals surface area (Å²) in [6.45, 7) is 0. The number of fused-ring (bicyclic) bond motifs is 1. The first-order valence-corrected chi connectivity index (χ1v) is 6.11. The lowest BCUT2D eigenvalue weighted by molar-refractivity contribution is 0.0958. The second-order valence-electron chi connectivity index (χ2n) is 4.35. The Labute approximate surface area is 115 Å². The van der Waals surface area contributed by atoms with Crippen LogP contribution in [0.5, 0.6) is 0 Å². The van der Waals surface area contributed by atoms with Gasteiger partial charge >= 0.3 is 0 Å². The molecule has 0 fully saturated rings. The summed E-state index contributed by atoms with van der Waals surface area (Å²) in [4.78, 5) is 15.7. The van der Waals surface area contributed by atoms with Gasteiger partial charge in [-0.2, -0.15) is 5.10 Å². The molecule has 0 aliphatic rings. The van der Waals surface area contributed by atoms with Crippen molar-refractivity contribution in [3.63, 3.8) is 0 Å². The summed E-state index contributed by atoms with van der Waals surface area (Å²) in [6, 6.07) is 9.07. The highest BCUT2D eigenvalue weighted by molar-refractivity contribution is 5.92. The van der Waals surface area contributed by atoms with E-state index in [4.69, 9.17) is 5.73 Å². The molecule has 0 radical (unpaired) electrons. The summed E-state index contributed by atoms with van der Waals surface area (Å²) in [7, 11) is 1.57. The molecule has 0 saturated carbocycles. The van der Waals surface area contributed by atoms with Crippen LogP contribution in [0, 0.1) is 0 Å². The first-order valence-electron chi connectivity index (χ1n) is 6.11. The van der Waals surface area contributed by atoms with Crippen LogP contribution < -0.4 is 11.1 Å². The lowest BCUT2D eigenvalue weighted by Gasteiger charge is -2.05. The van der Waals surface area contributed by atoms with E-state index in [1.807, 2.05) is 18.2 Å². The fraction of sp³-hybridized carbons (Fsp3) is 0.0714. The summed E-state index contributed by atoms with van der Waals surface area (Å²) in [5.74, 6) is -0.233. The van der Waals surface area contributed by atoms with Crippen LogP contribution >= 0.6 is 0 Å². The van der Waals surface area contributed by atoms with Crippen molar-refractivity contribution in [3.8, 4) is 5.69 Å². The second kappa shape index (κ2) is 4.65. The van der Waals surface area contributed by atoms with Crippen LogP contribution in [-0.2, 0) is 0 Å². The van der Waals surface area contributed by atoms with Crippen molar-refractivity contribution in [1.29, 1.82) is 0 Å². The average molecular weight is 267 g/mol. The molecule has 0 atom stereocenters. The predicted molar refractivity (Wildman–Crippen MR) is 76.7 cm³/mol. The molecule has 0 aliphatic carbocycles. The van der Waals surface area contributed by atoms with Gasteiger partial charge in [0.25, 0.3) is 5.91 Å². The van der Waals surface area contributed by atoms with E-state index in [2.05, 4.69) is 15.4 Å². The van der Waals surface area contributed by atoms with Gasteiger partial charge in [-0.1, -0.05) is 0 Å². The Morgan fingerprint density at radius 3 is 2.95 bits per heavy atom. The first kappa shape index (κ1) is 12.2. The number of carbonyl (C=O) groups is 1. The van der Waals surface area contributed by atoms with E-state index in [9.17, 15) is 4.79 Å². The molecule has 0 aliphatic heterocycles. The maximum Gasteiger partial charge on any atom is 0.269 e. The number of nitrogens with two attached hydrogens (primary N) is 1. The molecule has 100 valence electrons. The highest BCUT2D eigenvalue weighted by Crippen LogP contribution is 2.20. The molecule has 3 N–H and O–H groups in total. The van der Waals surface area contributed by atoms with Crippen LogP contribution in [0.1, 0.15) is 10.5 Å². The van der Waals surface area contributed by atoms with Crippen molar-refractivity contribution in [2.75, 3.05) is 12.8 Å². The van der Waals surface area contributed by atoms with E-state index in [1.165, 1.54) is 0 Å². The van der Waals surface area contributed by atoms with Crippen LogP contribution in [0.15, 0.2) is 42.7 Å². The smallest absolute Gasteiger partial charge is 0.269 e. The zero-order valence-electron chi connectivity index (χ0n) is 10.9. The fourth-order valence-electron chi connectivity index (χ4n) is 2.04. The van der Waals surface area contributed by atoms with Gasteiger partial charge in [0, 0.05) is 24.3 Å². The third-order valence-corrected chi connectivity index (χ3v) is 3.04. The Hall–Kier alpha value is -2.89. The number of nitrogens with zero attached hydrogens (tertiary/aromatic N) is 3. The SMILES string of the molecule is CNC(=O)c1cc(-n2ncc3ccc(N)cc32)ccn1. The molecule has 3 rings (SSSR count). The van der Waals surface area contributed by atoms with Crippen LogP contribution in [0.4, 0.5) is 5.69 Å². The number of hydrogen-bond acceptors (Lipinski definition) is 4. The minimum Gasteiger partial charge on any atom is -0.399 e. The third kappa shape index (κ3) is 1.97. The summed E-state index contributed by atoms with van der Waals surface area (Å²) >= 11 is 0. The number of nitrogen functional groups attached to an aromatic ring is 1. The molecule has 2 heterocycles. The fourth-order valence-corrected chi connectivity index (χ4v) is 2.04. The van der Waals surface area contributed by atoms with Crippen molar-refractivity contribution < 1.29 is 4.79 Å². The molecular formula is C14H13N5O. The van der Waals surface area contributed by atoms with E-state index in [0.29, 0.717) is 11.4 Å². The number of aromatic nitrogens is 3. The van der Waals surface area contributed by atoms with E-state index >= 15 is 0 Å². The lowest BCUT2D eigenvalue weighted by atomic mass is 10.2. The van der Waals surface area contributed by atoms with Gasteiger partial charge in [-0.25, -0.2) is 4.68 Å². The maximum absolute atomic E-state index is 11.6. The lowest BCUT2D eigenvalue weighted by Crippen LogP contribution is -2.19. The van der Waals surface area contributed by atoms with Gasteiger partial charge in [-0.3, -0.25) is 9.78 Å². The van der Waals surface area contributed by atoms with Gasteiger partial charge in [0.05, 0.1) is 17.4 Å². The Bertz CT molecular complexity index is 793. The Morgan fingerprint density at radius 2 is 2.15 bits per heavy atom. The van der Waals surface area contributed by atoms with Gasteiger partial charge in [0.1, 0.15) is 5.69 Å². The maximum atomic E-state index is 11.6. The van der Waals surface area contributed by atoms with Crippen LogP contribution in [-0.4, -0.2) is 27.7 Å². The van der Waals surface area contributed by atoms with Gasteiger partial charge < -0.3 is 11.1 Å². The number of nitrogens with one attached hydrogen (secondary N) is 1. The van der Waals surface area contributed by atoms with Crippen molar-refractivity contribution in [3.05, 3.63) is 48.4 Å². The normalized spacial score (nSPS) is 10.7. The highest BCUT2D eigenvalue weighted by atomic mass is 16.1. The molecular weight excluding hydrogens is 254 g/mol. The minimum absolute atomic E-state index is 0.233. The molecule has 6 nitrogen and oxygen atoms in total. The summed E-state index contributed by atoms with van der Waals surface area (Å²) in [6.07, 6.45) is 3.34. The van der Waals surface area contributed by atoms with Crippen molar-refractivity contribution in [2.45, 2.75) is 0 Å². The molecule has 3 aromatic rings. The molecule has 1 aromatic carbocycles.